The van der Waals surface area contributed by atoms with Gasteiger partial charge in [0.25, 0.3) is 0 Å². The van der Waals surface area contributed by atoms with Crippen LogP contribution in [-0.2, 0) is 19.1 Å². The molecule has 3 saturated heterocycles. The van der Waals surface area contributed by atoms with Crippen molar-refractivity contribution in [1.29, 1.82) is 0 Å². The van der Waals surface area contributed by atoms with Gasteiger partial charge in [-0.25, -0.2) is 32.9 Å². The number of aliphatic hydroxyl groups is 1. The average molecular weight is 1340 g/mol. The number of Topliss-reactive ketones (excluding diaryl/α,β-unsaturated/α-hetero) is 1. The predicted molar refractivity (Wildman–Crippen MR) is 364 cm³/mol. The summed E-state index contributed by atoms with van der Waals surface area (Å²) in [6, 6.07) is 34.2. The third kappa shape index (κ3) is 17.2. The summed E-state index contributed by atoms with van der Waals surface area (Å²) in [5.74, 6) is -1.08. The molecule has 3 aliphatic heterocycles. The topological polar surface area (TPSA) is 206 Å². The van der Waals surface area contributed by atoms with Crippen LogP contribution in [0.3, 0.4) is 0 Å². The Balaban J connectivity index is 0.000000160. The molecule has 12 rings (SSSR count). The molecule has 3 amide bonds. The summed E-state index contributed by atoms with van der Waals surface area (Å²) in [4.78, 5) is 81.1. The van der Waals surface area contributed by atoms with Crippen LogP contribution >= 0.6 is 0 Å². The molecule has 1 N–H and O–H groups in total. The van der Waals surface area contributed by atoms with Crippen LogP contribution in [0.2, 0.25) is 0 Å². The first-order chi connectivity index (χ1) is 47.1. The highest BCUT2D eigenvalue weighted by Gasteiger charge is 2.39. The lowest BCUT2D eigenvalue weighted by atomic mass is 9.86. The van der Waals surface area contributed by atoms with Gasteiger partial charge in [0.1, 0.15) is 40.6 Å². The van der Waals surface area contributed by atoms with Crippen molar-refractivity contribution in [2.24, 2.45) is 11.8 Å². The van der Waals surface area contributed by atoms with Gasteiger partial charge in [-0.1, -0.05) is 42.5 Å². The maximum Gasteiger partial charge on any atom is 0.337 e. The third-order valence-corrected chi connectivity index (χ3v) is 18.1. The van der Waals surface area contributed by atoms with Gasteiger partial charge in [0.15, 0.2) is 5.78 Å². The predicted octanol–water partition coefficient (Wildman–Crippen LogP) is 13.7. The fraction of sp³-hybridized carbons (Fsp3) is 0.342. The molecule has 3 unspecified atom stereocenters. The number of methoxy groups -OCH3 is 4. The van der Waals surface area contributed by atoms with Gasteiger partial charge in [-0.15, -0.1) is 0 Å². The fourth-order valence-corrected chi connectivity index (χ4v) is 12.5. The Bertz CT molecular complexity index is 4210. The summed E-state index contributed by atoms with van der Waals surface area (Å²) >= 11 is 0. The van der Waals surface area contributed by atoms with E-state index in [2.05, 4.69) is 19.7 Å². The van der Waals surface area contributed by atoms with Crippen LogP contribution in [-0.4, -0.2) is 126 Å². The monoisotopic (exact) mass is 1340 g/mol. The number of imidazole rings is 3. The number of carbonyl (C=O) groups excluding carboxylic acids is 5. The van der Waals surface area contributed by atoms with Gasteiger partial charge in [-0.2, -0.15) is 0 Å². The van der Waals surface area contributed by atoms with Gasteiger partial charge >= 0.3 is 5.97 Å². The first-order valence-electron chi connectivity index (χ1n) is 32.7. The van der Waals surface area contributed by atoms with Crippen molar-refractivity contribution in [2.75, 3.05) is 48.1 Å². The molecule has 0 bridgehead atoms. The first kappa shape index (κ1) is 71.9. The van der Waals surface area contributed by atoms with E-state index in [0.29, 0.717) is 66.3 Å². The van der Waals surface area contributed by atoms with Crippen LogP contribution in [0.15, 0.2) is 165 Å². The number of hydrogen-bond donors (Lipinski definition) is 1. The van der Waals surface area contributed by atoms with Crippen molar-refractivity contribution in [1.82, 2.24) is 43.4 Å². The summed E-state index contributed by atoms with van der Waals surface area (Å²) in [5, 5.41) is 11.1. The second-order valence-corrected chi connectivity index (χ2v) is 24.5. The number of aryl methyl sites for hydroxylation is 3. The van der Waals surface area contributed by atoms with Crippen LogP contribution in [0.5, 0.6) is 17.2 Å². The summed E-state index contributed by atoms with van der Waals surface area (Å²) < 4.78 is 65.9. The Hall–Kier alpha value is -10.4. The second-order valence-electron chi connectivity index (χ2n) is 24.5. The van der Waals surface area contributed by atoms with Crippen molar-refractivity contribution in [3.8, 4) is 34.3 Å². The lowest BCUT2D eigenvalue weighted by Gasteiger charge is -2.38. The van der Waals surface area contributed by atoms with Gasteiger partial charge in [-0.05, 0) is 187 Å². The minimum atomic E-state index is -0.946. The minimum Gasteiger partial charge on any atom is -0.495 e. The number of likely N-dealkylation sites (tertiary alicyclic amines) is 3. The summed E-state index contributed by atoms with van der Waals surface area (Å²) in [7, 11) is 6.04. The van der Waals surface area contributed by atoms with E-state index in [1.165, 1.54) is 43.5 Å². The van der Waals surface area contributed by atoms with E-state index >= 15 is 0 Å². The number of ketones is 1. The highest BCUT2D eigenvalue weighted by atomic mass is 19.1. The van der Waals surface area contributed by atoms with Gasteiger partial charge in [0, 0.05) is 50.2 Å². The number of amides is 3. The first-order valence-corrected chi connectivity index (χ1v) is 32.7. The molecule has 22 heteroatoms. The molecule has 19 nitrogen and oxygen atoms in total. The normalized spacial score (nSPS) is 16.6. The molecule has 3 aliphatic rings. The highest BCUT2D eigenvalue weighted by molar-refractivity contribution is 6.10. The number of ether oxygens (including phenoxy) is 4. The molecular weight excluding hydrogens is 1260 g/mol. The van der Waals surface area contributed by atoms with Gasteiger partial charge in [0.2, 0.25) is 17.7 Å². The smallest absolute Gasteiger partial charge is 0.337 e. The zero-order valence-electron chi connectivity index (χ0n) is 56.9. The molecule has 514 valence electrons. The number of nitrogens with zero attached hydrogens (tertiary/aromatic N) is 9. The maximum atomic E-state index is 13.3. The van der Waals surface area contributed by atoms with E-state index < -0.39 is 17.9 Å². The van der Waals surface area contributed by atoms with Gasteiger partial charge < -0.3 is 52.5 Å². The third-order valence-electron chi connectivity index (χ3n) is 18.1. The van der Waals surface area contributed by atoms with E-state index in [1.54, 1.807) is 129 Å². The van der Waals surface area contributed by atoms with E-state index in [-0.39, 0.29) is 65.1 Å². The number of rotatable bonds is 17. The molecule has 0 spiro atoms. The number of aliphatic hydroxyl groups excluding tert-OH is 1. The summed E-state index contributed by atoms with van der Waals surface area (Å²) in [6.07, 6.45) is 15.2. The van der Waals surface area contributed by atoms with E-state index in [4.69, 9.17) is 14.2 Å². The molecular formula is C76H84F3N9O10. The Labute approximate surface area is 569 Å². The Morgan fingerprint density at radius 3 is 1.30 bits per heavy atom. The number of halogens is 3. The Morgan fingerprint density at radius 2 is 0.867 bits per heavy atom. The lowest BCUT2D eigenvalue weighted by molar-refractivity contribution is -0.145. The number of carbonyl (C=O) groups is 5. The van der Waals surface area contributed by atoms with Crippen LogP contribution in [0.4, 0.5) is 13.2 Å². The lowest BCUT2D eigenvalue weighted by Crippen LogP contribution is -2.45. The number of aromatic nitrogens is 6. The largest absolute Gasteiger partial charge is 0.495 e. The van der Waals surface area contributed by atoms with E-state index in [0.717, 1.165) is 83.1 Å². The van der Waals surface area contributed by atoms with Gasteiger partial charge in [-0.3, -0.25) is 19.2 Å². The molecule has 3 fully saturated rings. The van der Waals surface area contributed by atoms with Crippen LogP contribution in [0.25, 0.3) is 17.1 Å². The SMILES string of the molecule is COC(=O)c1ccc(-n2cnc(C)c2)c(OC)c1.COc1cc(C(=O)C2CCCN([C@@H](C)c3ccc(F)cc3)C2=O)ccc1-n1cnc(C)c1.COc1cc(C(O)C2CCCN([C@@H](C)c3ccc(F)cc3)C2=O)ccc1-n1cnc(C)c1.C[C@@H](c1ccc(F)cc1)N1CCCCC1=O. The minimum absolute atomic E-state index is 0.0494. The second kappa shape index (κ2) is 33.1. The molecule has 6 aromatic carbocycles. The van der Waals surface area contributed by atoms with Gasteiger partial charge in [0.05, 0.1) is 117 Å². The molecule has 0 radical (unpaired) electrons. The summed E-state index contributed by atoms with van der Waals surface area (Å²) in [6.45, 7) is 13.6. The van der Waals surface area contributed by atoms with Crippen molar-refractivity contribution in [3.05, 3.63) is 233 Å². The average Bonchev–Trinajstić information content (AvgIpc) is 0.870. The molecule has 0 saturated carbocycles. The highest BCUT2D eigenvalue weighted by Crippen LogP contribution is 2.38. The molecule has 6 atom stereocenters. The molecule has 0 aliphatic carbocycles. The van der Waals surface area contributed by atoms with E-state index in [1.807, 2.05) is 90.9 Å². The zero-order chi connectivity index (χ0) is 70.3. The van der Waals surface area contributed by atoms with Crippen molar-refractivity contribution in [2.45, 2.75) is 111 Å². The van der Waals surface area contributed by atoms with Crippen LogP contribution in [0, 0.1) is 50.1 Å². The molecule has 3 aromatic heterocycles. The number of esters is 1. The number of benzene rings is 6. The standard InChI is InChI=1S/C25H28FN3O3.C25H26FN3O3.C13H16FNO.C13H14N2O3/c2*1-16-14-28(15-27-16)22-11-8-19(13-23(22)32-3)24(30)21-5-4-12-29(25(21)31)17(2)18-6-9-20(26)10-7-18;1-10(11-5-7-12(14)8-6-11)15-9-3-2-4-13(15)16;1-9-7-15(8-14-9)11-5-4-10(13(16)18-3)6-12(11)17-2/h6-11,13-15,17,21,24,30H,4-5,12H2,1-3H3;6-11,13-15,17,21H,4-5,12H2,1-3H3;5-8,10H,2-4,9H2,1H3;4-8H,1-3H3/t17-,21?,24?;17-,21?;10-;/m000./s1. The molecule has 6 heterocycles. The molecule has 9 aromatic rings. The zero-order valence-corrected chi connectivity index (χ0v) is 56.9. The summed E-state index contributed by atoms with van der Waals surface area (Å²) in [5.41, 5.74) is 9.32. The quantitative estimate of drug-likeness (QED) is 0.0512. The fourth-order valence-electron chi connectivity index (χ4n) is 12.5. The Kier molecular flexibility index (Phi) is 24.3. The van der Waals surface area contributed by atoms with Crippen LogP contribution < -0.4 is 14.2 Å². The van der Waals surface area contributed by atoms with E-state index in [9.17, 15) is 42.3 Å². The Morgan fingerprint density at radius 1 is 0.480 bits per heavy atom. The van der Waals surface area contributed by atoms with Crippen molar-refractivity contribution < 1.29 is 61.2 Å². The maximum absolute atomic E-state index is 13.3. The van der Waals surface area contributed by atoms with Crippen LogP contribution in [0.1, 0.15) is 150 Å². The van der Waals surface area contributed by atoms with Crippen molar-refractivity contribution in [3.63, 3.8) is 0 Å². The van der Waals surface area contributed by atoms with Crippen molar-refractivity contribution >= 4 is 29.5 Å². The number of piperidine rings is 3. The molecule has 98 heavy (non-hydrogen) atoms. The number of hydrogen-bond acceptors (Lipinski definition) is 13.